The molecule has 0 aromatic carbocycles. The Morgan fingerprint density at radius 3 is 2.83 bits per heavy atom. The first-order chi connectivity index (χ1) is 11.5. The smallest absolute Gasteiger partial charge is 0.329 e. The molecule has 0 saturated heterocycles. The lowest BCUT2D eigenvalue weighted by atomic mass is 10.3. The fourth-order valence-corrected chi connectivity index (χ4v) is 2.22. The van der Waals surface area contributed by atoms with Crippen molar-refractivity contribution in [3.63, 3.8) is 0 Å². The van der Waals surface area contributed by atoms with Gasteiger partial charge in [0.05, 0.1) is 6.54 Å². The summed E-state index contributed by atoms with van der Waals surface area (Å²) < 4.78 is 2.96. The van der Waals surface area contributed by atoms with E-state index in [1.165, 1.54) is 11.5 Å². The average Bonchev–Trinajstić information content (AvgIpc) is 2.89. The Morgan fingerprint density at radius 2 is 2.17 bits per heavy atom. The van der Waals surface area contributed by atoms with Crippen molar-refractivity contribution in [1.82, 2.24) is 24.4 Å². The molecular formula is C16H19N5O3. The second kappa shape index (κ2) is 7.46. The lowest BCUT2D eigenvalue weighted by Crippen LogP contribution is -2.29. The van der Waals surface area contributed by atoms with Crippen LogP contribution in [0.4, 0.5) is 0 Å². The van der Waals surface area contributed by atoms with Crippen LogP contribution in [0.2, 0.25) is 0 Å². The number of hydrogen-bond donors (Lipinski definition) is 2. The molecule has 0 aliphatic rings. The van der Waals surface area contributed by atoms with E-state index in [-0.39, 0.29) is 5.91 Å². The Bertz CT molecular complexity index is 966. The fourth-order valence-electron chi connectivity index (χ4n) is 2.22. The van der Waals surface area contributed by atoms with Gasteiger partial charge in [-0.05, 0) is 19.4 Å². The van der Waals surface area contributed by atoms with Gasteiger partial charge in [0.1, 0.15) is 5.82 Å². The first-order valence-electron chi connectivity index (χ1n) is 7.45. The molecule has 8 nitrogen and oxygen atoms in total. The van der Waals surface area contributed by atoms with Crippen LogP contribution >= 0.6 is 0 Å². The predicted octanol–water partition coefficient (Wildman–Crippen LogP) is -0.0140. The number of imidazole rings is 1. The lowest BCUT2D eigenvalue weighted by molar-refractivity contribution is -0.118. The van der Waals surface area contributed by atoms with Crippen LogP contribution in [-0.2, 0) is 18.4 Å². The van der Waals surface area contributed by atoms with Crippen molar-refractivity contribution in [3.8, 4) is 11.8 Å². The minimum atomic E-state index is -0.514. The maximum Gasteiger partial charge on any atom is 0.329 e. The molecule has 2 aromatic heterocycles. The van der Waals surface area contributed by atoms with Gasteiger partial charge in [-0.2, -0.15) is 0 Å². The third-order valence-corrected chi connectivity index (χ3v) is 3.40. The maximum atomic E-state index is 12.2. The van der Waals surface area contributed by atoms with Crippen LogP contribution in [0.15, 0.2) is 15.7 Å². The monoisotopic (exact) mass is 329 g/mol. The summed E-state index contributed by atoms with van der Waals surface area (Å²) in [5.74, 6) is 6.13. The van der Waals surface area contributed by atoms with Crippen LogP contribution in [0.1, 0.15) is 26.1 Å². The summed E-state index contributed by atoms with van der Waals surface area (Å²) in [6.45, 7) is 3.97. The number of aromatic amines is 1. The van der Waals surface area contributed by atoms with E-state index in [2.05, 4.69) is 27.1 Å². The van der Waals surface area contributed by atoms with E-state index in [1.54, 1.807) is 24.6 Å². The molecule has 126 valence electrons. The summed E-state index contributed by atoms with van der Waals surface area (Å²) in [5, 5.41) is 2.69. The number of amides is 1. The number of H-pyrrole nitrogens is 1. The molecule has 0 aliphatic heterocycles. The largest absolute Gasteiger partial charge is 0.356 e. The van der Waals surface area contributed by atoms with Gasteiger partial charge in [0, 0.05) is 20.5 Å². The van der Waals surface area contributed by atoms with Gasteiger partial charge in [-0.25, -0.2) is 9.78 Å². The second-order valence-electron chi connectivity index (χ2n) is 5.15. The third-order valence-electron chi connectivity index (χ3n) is 3.40. The van der Waals surface area contributed by atoms with Crippen LogP contribution in [0.25, 0.3) is 17.2 Å². The van der Waals surface area contributed by atoms with Gasteiger partial charge in [-0.15, -0.1) is 5.92 Å². The molecule has 0 unspecified atom stereocenters. The molecule has 0 bridgehead atoms. The quantitative estimate of drug-likeness (QED) is 0.595. The van der Waals surface area contributed by atoms with Crippen molar-refractivity contribution in [2.24, 2.45) is 7.05 Å². The van der Waals surface area contributed by atoms with Crippen LogP contribution < -0.4 is 16.6 Å². The minimum Gasteiger partial charge on any atom is -0.356 e. The van der Waals surface area contributed by atoms with Gasteiger partial charge in [0.15, 0.2) is 11.2 Å². The zero-order chi connectivity index (χ0) is 17.7. The van der Waals surface area contributed by atoms with Crippen LogP contribution in [-0.4, -0.2) is 31.6 Å². The van der Waals surface area contributed by atoms with Crippen molar-refractivity contribution in [2.75, 3.05) is 6.54 Å². The molecule has 8 heteroatoms. The molecule has 0 fully saturated rings. The van der Waals surface area contributed by atoms with E-state index in [9.17, 15) is 14.4 Å². The summed E-state index contributed by atoms with van der Waals surface area (Å²) in [7, 11) is 1.55. The molecule has 2 N–H and O–H groups in total. The number of carbonyl (C=O) groups is 1. The second-order valence-corrected chi connectivity index (χ2v) is 5.15. The van der Waals surface area contributed by atoms with E-state index >= 15 is 0 Å². The standard InChI is InChI=1S/C16H19N5O3/c1-4-5-10-21-12(8-6-7-9-17-11(2)22)18-14-13(21)15(23)19-16(24)20(14)3/h6,8H,7,9-10H2,1-3H3,(H,17,22)(H,19,23,24). The van der Waals surface area contributed by atoms with Gasteiger partial charge in [-0.1, -0.05) is 12.0 Å². The summed E-state index contributed by atoms with van der Waals surface area (Å²) in [6, 6.07) is 0. The highest BCUT2D eigenvalue weighted by Crippen LogP contribution is 2.12. The molecule has 0 spiro atoms. The summed E-state index contributed by atoms with van der Waals surface area (Å²) in [4.78, 5) is 41.4. The first kappa shape index (κ1) is 17.3. The Hall–Kier alpha value is -3.08. The normalized spacial score (nSPS) is 10.8. The number of nitrogens with zero attached hydrogens (tertiary/aromatic N) is 3. The number of rotatable bonds is 5. The number of aryl methyl sites for hydroxylation is 1. The topological polar surface area (TPSA) is 102 Å². The van der Waals surface area contributed by atoms with E-state index in [0.717, 1.165) is 0 Å². The van der Waals surface area contributed by atoms with Crippen LogP contribution in [0.3, 0.4) is 0 Å². The Labute approximate surface area is 138 Å². The molecular weight excluding hydrogens is 310 g/mol. The molecule has 24 heavy (non-hydrogen) atoms. The van der Waals surface area contributed by atoms with Gasteiger partial charge in [-0.3, -0.25) is 19.1 Å². The maximum absolute atomic E-state index is 12.2. The summed E-state index contributed by atoms with van der Waals surface area (Å²) >= 11 is 0. The average molecular weight is 329 g/mol. The molecule has 2 heterocycles. The van der Waals surface area contributed by atoms with Gasteiger partial charge < -0.3 is 9.88 Å². The zero-order valence-electron chi connectivity index (χ0n) is 13.8. The highest BCUT2D eigenvalue weighted by atomic mass is 16.2. The summed E-state index contributed by atoms with van der Waals surface area (Å²) in [6.07, 6.45) is 4.22. The predicted molar refractivity (Wildman–Crippen MR) is 91.4 cm³/mol. The number of fused-ring (bicyclic) bond motifs is 1. The molecule has 2 rings (SSSR count). The number of aromatic nitrogens is 4. The van der Waals surface area contributed by atoms with Gasteiger partial charge in [0.2, 0.25) is 5.91 Å². The molecule has 2 aromatic rings. The van der Waals surface area contributed by atoms with Crippen molar-refractivity contribution in [2.45, 2.75) is 26.8 Å². The molecule has 0 atom stereocenters. The Kier molecular flexibility index (Phi) is 5.37. The molecule has 1 amide bonds. The highest BCUT2D eigenvalue weighted by Gasteiger charge is 2.15. The number of hydrogen-bond acceptors (Lipinski definition) is 4. The van der Waals surface area contributed by atoms with Crippen molar-refractivity contribution >= 4 is 23.1 Å². The molecule has 0 radical (unpaired) electrons. The van der Waals surface area contributed by atoms with Gasteiger partial charge >= 0.3 is 5.69 Å². The number of carbonyl (C=O) groups excluding carboxylic acids is 1. The van der Waals surface area contributed by atoms with E-state index in [4.69, 9.17) is 0 Å². The Balaban J connectivity index is 2.46. The van der Waals surface area contributed by atoms with E-state index < -0.39 is 11.2 Å². The SMILES string of the molecule is CC#CCn1c(C=CCCNC(C)=O)nc2c1c(=O)[nH]c(=O)n2C. The van der Waals surface area contributed by atoms with Crippen molar-refractivity contribution in [1.29, 1.82) is 0 Å². The van der Waals surface area contributed by atoms with Crippen LogP contribution in [0.5, 0.6) is 0 Å². The van der Waals surface area contributed by atoms with Crippen LogP contribution in [0, 0.1) is 11.8 Å². The third kappa shape index (κ3) is 3.63. The highest BCUT2D eigenvalue weighted by molar-refractivity contribution is 5.74. The Morgan fingerprint density at radius 1 is 1.42 bits per heavy atom. The van der Waals surface area contributed by atoms with E-state index in [1.807, 2.05) is 6.08 Å². The minimum absolute atomic E-state index is 0.0876. The number of nitrogens with one attached hydrogen (secondary N) is 2. The zero-order valence-corrected chi connectivity index (χ0v) is 13.8. The first-order valence-corrected chi connectivity index (χ1v) is 7.45. The van der Waals surface area contributed by atoms with Gasteiger partial charge in [0.25, 0.3) is 5.56 Å². The van der Waals surface area contributed by atoms with Crippen molar-refractivity contribution < 1.29 is 4.79 Å². The summed E-state index contributed by atoms with van der Waals surface area (Å²) in [5.41, 5.74) is -0.388. The molecule has 0 saturated carbocycles. The fraction of sp³-hybridized carbons (Fsp3) is 0.375. The van der Waals surface area contributed by atoms with E-state index in [0.29, 0.717) is 36.5 Å². The lowest BCUT2D eigenvalue weighted by Gasteiger charge is -2.02. The van der Waals surface area contributed by atoms with Crippen molar-refractivity contribution in [3.05, 3.63) is 32.7 Å². The molecule has 0 aliphatic carbocycles.